The first kappa shape index (κ1) is 15.9. The number of nitrogens with zero attached hydrogens (tertiary/aromatic N) is 1. The van der Waals surface area contributed by atoms with E-state index in [1.54, 1.807) is 0 Å². The molecule has 2 N–H and O–H groups in total. The first-order valence-electron chi connectivity index (χ1n) is 7.36. The second kappa shape index (κ2) is 8.08. The molecule has 1 aliphatic heterocycles. The number of thioether (sulfide) groups is 1. The van der Waals surface area contributed by atoms with Gasteiger partial charge in [-0.2, -0.15) is 11.8 Å². The summed E-state index contributed by atoms with van der Waals surface area (Å²) >= 11 is 1.43. The lowest BCUT2D eigenvalue weighted by Gasteiger charge is -2.25. The number of primary amides is 1. The van der Waals surface area contributed by atoms with E-state index in [4.69, 9.17) is 5.73 Å². The number of nitrogens with two attached hydrogens (primary N) is 1. The molecule has 1 fully saturated rings. The van der Waals surface area contributed by atoms with Gasteiger partial charge in [0.15, 0.2) is 0 Å². The average molecular weight is 306 g/mol. The Morgan fingerprint density at radius 2 is 2.05 bits per heavy atom. The third-order valence-corrected chi connectivity index (χ3v) is 4.70. The maximum Gasteiger partial charge on any atom is 0.227 e. The summed E-state index contributed by atoms with van der Waals surface area (Å²) < 4.78 is 0. The van der Waals surface area contributed by atoms with Gasteiger partial charge in [0.1, 0.15) is 0 Å². The molecule has 1 aromatic carbocycles. The highest BCUT2D eigenvalue weighted by atomic mass is 32.2. The Kier molecular flexibility index (Phi) is 6.11. The van der Waals surface area contributed by atoms with E-state index < -0.39 is 0 Å². The molecular weight excluding hydrogens is 284 g/mol. The molecule has 1 saturated heterocycles. The van der Waals surface area contributed by atoms with Crippen LogP contribution < -0.4 is 5.73 Å². The minimum atomic E-state index is -0.324. The number of rotatable bonds is 7. The molecule has 0 aliphatic carbocycles. The predicted octanol–water partition coefficient (Wildman–Crippen LogP) is 1.83. The van der Waals surface area contributed by atoms with E-state index in [9.17, 15) is 9.59 Å². The standard InChI is InChI=1S/C16H22N2O2S/c17-15(19)12-21-10-8-16(20)18-9-4-7-14(18)11-13-5-2-1-3-6-13/h1-3,5-6,14H,4,7-12H2,(H2,17,19). The van der Waals surface area contributed by atoms with Gasteiger partial charge in [0.05, 0.1) is 5.75 Å². The fourth-order valence-electron chi connectivity index (χ4n) is 2.74. The van der Waals surface area contributed by atoms with Gasteiger partial charge in [-0.25, -0.2) is 0 Å². The van der Waals surface area contributed by atoms with Crippen molar-refractivity contribution in [1.29, 1.82) is 0 Å². The molecule has 1 aliphatic rings. The summed E-state index contributed by atoms with van der Waals surface area (Å²) in [7, 11) is 0. The molecule has 0 saturated carbocycles. The fourth-order valence-corrected chi connectivity index (χ4v) is 3.40. The minimum absolute atomic E-state index is 0.199. The molecule has 4 nitrogen and oxygen atoms in total. The van der Waals surface area contributed by atoms with Gasteiger partial charge in [-0.05, 0) is 24.8 Å². The van der Waals surface area contributed by atoms with Crippen molar-refractivity contribution in [2.24, 2.45) is 5.73 Å². The maximum absolute atomic E-state index is 12.3. The molecule has 2 rings (SSSR count). The number of hydrogen-bond donors (Lipinski definition) is 1. The van der Waals surface area contributed by atoms with Crippen molar-refractivity contribution in [2.45, 2.75) is 31.7 Å². The summed E-state index contributed by atoms with van der Waals surface area (Å²) in [5, 5.41) is 0. The Balaban J connectivity index is 1.80. The van der Waals surface area contributed by atoms with Crippen LogP contribution in [0.15, 0.2) is 30.3 Å². The number of benzene rings is 1. The van der Waals surface area contributed by atoms with Crippen LogP contribution in [-0.4, -0.2) is 40.8 Å². The van der Waals surface area contributed by atoms with E-state index in [-0.39, 0.29) is 11.8 Å². The summed E-state index contributed by atoms with van der Waals surface area (Å²) in [6.07, 6.45) is 3.58. The van der Waals surface area contributed by atoms with Crippen molar-refractivity contribution in [1.82, 2.24) is 4.90 Å². The van der Waals surface area contributed by atoms with E-state index >= 15 is 0 Å². The van der Waals surface area contributed by atoms with Crippen LogP contribution in [-0.2, 0) is 16.0 Å². The second-order valence-electron chi connectivity index (χ2n) is 5.34. The van der Waals surface area contributed by atoms with Crippen LogP contribution in [0.3, 0.4) is 0 Å². The molecule has 1 aromatic rings. The van der Waals surface area contributed by atoms with Gasteiger partial charge >= 0.3 is 0 Å². The van der Waals surface area contributed by atoms with Gasteiger partial charge in [-0.1, -0.05) is 30.3 Å². The molecule has 21 heavy (non-hydrogen) atoms. The maximum atomic E-state index is 12.3. The number of hydrogen-bond acceptors (Lipinski definition) is 3. The highest BCUT2D eigenvalue weighted by Gasteiger charge is 2.28. The zero-order valence-electron chi connectivity index (χ0n) is 12.2. The molecule has 2 amide bonds. The van der Waals surface area contributed by atoms with Gasteiger partial charge in [0.25, 0.3) is 0 Å². The molecule has 114 valence electrons. The lowest BCUT2D eigenvalue weighted by Crippen LogP contribution is -2.37. The van der Waals surface area contributed by atoms with Crippen LogP contribution in [0.4, 0.5) is 0 Å². The van der Waals surface area contributed by atoms with Crippen LogP contribution in [0.2, 0.25) is 0 Å². The molecule has 0 bridgehead atoms. The summed E-state index contributed by atoms with van der Waals surface area (Å²) in [4.78, 5) is 25.0. The first-order chi connectivity index (χ1) is 10.2. The first-order valence-corrected chi connectivity index (χ1v) is 8.51. The molecular formula is C16H22N2O2S. The SMILES string of the molecule is NC(=O)CSCCC(=O)N1CCCC1Cc1ccccc1. The van der Waals surface area contributed by atoms with Crippen LogP contribution in [0.25, 0.3) is 0 Å². The number of likely N-dealkylation sites (tertiary alicyclic amines) is 1. The lowest BCUT2D eigenvalue weighted by molar-refractivity contribution is -0.131. The monoisotopic (exact) mass is 306 g/mol. The molecule has 1 atom stereocenters. The van der Waals surface area contributed by atoms with Crippen molar-refractivity contribution < 1.29 is 9.59 Å². The fraction of sp³-hybridized carbons (Fsp3) is 0.500. The summed E-state index contributed by atoms with van der Waals surface area (Å²) in [5.74, 6) is 0.831. The third kappa shape index (κ3) is 5.08. The van der Waals surface area contributed by atoms with E-state index in [0.29, 0.717) is 24.0 Å². The van der Waals surface area contributed by atoms with Crippen molar-refractivity contribution in [3.8, 4) is 0 Å². The van der Waals surface area contributed by atoms with E-state index in [1.807, 2.05) is 23.1 Å². The highest BCUT2D eigenvalue weighted by molar-refractivity contribution is 7.99. The summed E-state index contributed by atoms with van der Waals surface area (Å²) in [6.45, 7) is 0.858. The average Bonchev–Trinajstić information content (AvgIpc) is 2.92. The smallest absolute Gasteiger partial charge is 0.227 e. The molecule has 0 aromatic heterocycles. The van der Waals surface area contributed by atoms with E-state index in [1.165, 1.54) is 17.3 Å². The summed E-state index contributed by atoms with van der Waals surface area (Å²) in [6, 6.07) is 10.6. The van der Waals surface area contributed by atoms with Crippen LogP contribution in [0.5, 0.6) is 0 Å². The number of carbonyl (C=O) groups excluding carboxylic acids is 2. The van der Waals surface area contributed by atoms with Crippen LogP contribution in [0.1, 0.15) is 24.8 Å². The van der Waals surface area contributed by atoms with Crippen molar-refractivity contribution in [3.05, 3.63) is 35.9 Å². The van der Waals surface area contributed by atoms with Gasteiger partial charge in [0, 0.05) is 24.8 Å². The number of amides is 2. The molecule has 0 spiro atoms. The Labute approximate surface area is 130 Å². The highest BCUT2D eigenvalue weighted by Crippen LogP contribution is 2.22. The van der Waals surface area contributed by atoms with Crippen molar-refractivity contribution in [2.75, 3.05) is 18.1 Å². The Bertz CT molecular complexity index is 478. The molecule has 5 heteroatoms. The minimum Gasteiger partial charge on any atom is -0.369 e. The zero-order chi connectivity index (χ0) is 15.1. The Hall–Kier alpha value is -1.49. The second-order valence-corrected chi connectivity index (χ2v) is 6.45. The van der Waals surface area contributed by atoms with Crippen LogP contribution >= 0.6 is 11.8 Å². The molecule has 1 heterocycles. The van der Waals surface area contributed by atoms with Gasteiger partial charge in [-0.15, -0.1) is 0 Å². The molecule has 1 unspecified atom stereocenters. The largest absolute Gasteiger partial charge is 0.369 e. The summed E-state index contributed by atoms with van der Waals surface area (Å²) in [5.41, 5.74) is 6.37. The molecule has 0 radical (unpaired) electrons. The number of carbonyl (C=O) groups is 2. The Morgan fingerprint density at radius 1 is 1.29 bits per heavy atom. The van der Waals surface area contributed by atoms with E-state index in [0.717, 1.165) is 25.8 Å². The van der Waals surface area contributed by atoms with Gasteiger partial charge in [0.2, 0.25) is 11.8 Å². The predicted molar refractivity (Wildman–Crippen MR) is 86.0 cm³/mol. The van der Waals surface area contributed by atoms with Crippen molar-refractivity contribution >= 4 is 23.6 Å². The van der Waals surface area contributed by atoms with Crippen LogP contribution in [0, 0.1) is 0 Å². The Morgan fingerprint density at radius 3 is 2.76 bits per heavy atom. The normalized spacial score (nSPS) is 17.9. The van der Waals surface area contributed by atoms with Crippen molar-refractivity contribution in [3.63, 3.8) is 0 Å². The zero-order valence-corrected chi connectivity index (χ0v) is 13.0. The van der Waals surface area contributed by atoms with E-state index in [2.05, 4.69) is 12.1 Å². The van der Waals surface area contributed by atoms with Gasteiger partial charge in [-0.3, -0.25) is 9.59 Å². The quantitative estimate of drug-likeness (QED) is 0.782. The topological polar surface area (TPSA) is 63.4 Å². The lowest BCUT2D eigenvalue weighted by atomic mass is 10.0. The third-order valence-electron chi connectivity index (χ3n) is 3.72. The van der Waals surface area contributed by atoms with Gasteiger partial charge < -0.3 is 10.6 Å².